The summed E-state index contributed by atoms with van der Waals surface area (Å²) in [6.07, 6.45) is 0.926. The zero-order chi connectivity index (χ0) is 12.2. The fraction of sp³-hybridized carbons (Fsp3) is 1.00. The molecule has 2 N–H and O–H groups in total. The minimum Gasteiger partial charge on any atom is -0.391 e. The van der Waals surface area contributed by atoms with E-state index in [0.29, 0.717) is 0 Å². The summed E-state index contributed by atoms with van der Waals surface area (Å²) in [5.41, 5.74) is 0. The molecule has 98 valence electrons. The average molecular weight is 248 g/mol. The molecule has 0 radical (unpaired) electrons. The van der Waals surface area contributed by atoms with E-state index in [2.05, 4.69) is 31.0 Å². The van der Waals surface area contributed by atoms with E-state index < -0.39 is 0 Å². The highest BCUT2D eigenvalue weighted by atomic mass is 32.2. The van der Waals surface area contributed by atoms with Crippen molar-refractivity contribution in [2.45, 2.75) is 33.3 Å². The Bertz CT molecular complexity index is 143. The first-order chi connectivity index (χ1) is 7.74. The Kier molecular flexibility index (Phi) is 11.9. The zero-order valence-electron chi connectivity index (χ0n) is 11.0. The first-order valence-electron chi connectivity index (χ1n) is 6.43. The lowest BCUT2D eigenvalue weighted by Crippen LogP contribution is -2.30. The van der Waals surface area contributed by atoms with Crippen LogP contribution in [0.25, 0.3) is 0 Å². The molecule has 0 spiro atoms. The maximum absolute atomic E-state index is 9.66. The molecule has 0 bridgehead atoms. The van der Waals surface area contributed by atoms with Crippen molar-refractivity contribution < 1.29 is 5.11 Å². The van der Waals surface area contributed by atoms with Crippen molar-refractivity contribution in [3.8, 4) is 0 Å². The molecule has 0 aromatic heterocycles. The molecule has 0 aromatic carbocycles. The van der Waals surface area contributed by atoms with Crippen LogP contribution in [0.15, 0.2) is 0 Å². The Morgan fingerprint density at radius 2 is 1.94 bits per heavy atom. The summed E-state index contributed by atoms with van der Waals surface area (Å²) in [6, 6.07) is 0. The van der Waals surface area contributed by atoms with Crippen LogP contribution < -0.4 is 5.32 Å². The van der Waals surface area contributed by atoms with Gasteiger partial charge in [0.1, 0.15) is 0 Å². The summed E-state index contributed by atoms with van der Waals surface area (Å²) in [4.78, 5) is 2.41. The Labute approximate surface area is 105 Å². The first kappa shape index (κ1) is 16.2. The maximum Gasteiger partial charge on any atom is 0.0754 e. The zero-order valence-corrected chi connectivity index (χ0v) is 11.9. The van der Waals surface area contributed by atoms with Gasteiger partial charge in [0, 0.05) is 24.6 Å². The van der Waals surface area contributed by atoms with Crippen LogP contribution in [-0.4, -0.2) is 60.3 Å². The molecule has 0 saturated heterocycles. The van der Waals surface area contributed by atoms with Crippen molar-refractivity contribution >= 4 is 11.8 Å². The third kappa shape index (κ3) is 9.46. The Morgan fingerprint density at radius 3 is 2.50 bits per heavy atom. The molecule has 0 rings (SSSR count). The van der Waals surface area contributed by atoms with Crippen LogP contribution in [0.1, 0.15) is 27.2 Å². The van der Waals surface area contributed by atoms with E-state index in [-0.39, 0.29) is 6.10 Å². The van der Waals surface area contributed by atoms with Crippen molar-refractivity contribution in [3.63, 3.8) is 0 Å². The van der Waals surface area contributed by atoms with Crippen LogP contribution >= 0.6 is 11.8 Å². The topological polar surface area (TPSA) is 35.5 Å². The lowest BCUT2D eigenvalue weighted by Gasteiger charge is -2.18. The van der Waals surface area contributed by atoms with E-state index in [1.54, 1.807) is 0 Å². The molecular formula is C12H28N2OS. The summed E-state index contributed by atoms with van der Waals surface area (Å²) in [5.74, 6) is 1.96. The fourth-order valence-electron chi connectivity index (χ4n) is 1.46. The Hall–Kier alpha value is 0.230. The van der Waals surface area contributed by atoms with E-state index in [1.165, 1.54) is 0 Å². The normalized spacial score (nSPS) is 13.3. The Balaban J connectivity index is 3.29. The second-order valence-electron chi connectivity index (χ2n) is 3.96. The molecule has 16 heavy (non-hydrogen) atoms. The molecule has 0 aromatic rings. The molecule has 0 amide bonds. The van der Waals surface area contributed by atoms with E-state index in [0.717, 1.165) is 50.7 Å². The van der Waals surface area contributed by atoms with Crippen molar-refractivity contribution in [2.75, 3.05) is 44.2 Å². The SMILES string of the molecule is CCCNCC(O)CSCCN(CC)CC. The standard InChI is InChI=1S/C12H28N2OS/c1-4-7-13-10-12(15)11-16-9-8-14(5-2)6-3/h12-13,15H,4-11H2,1-3H3. The van der Waals surface area contributed by atoms with E-state index in [9.17, 15) is 5.11 Å². The van der Waals surface area contributed by atoms with Gasteiger partial charge >= 0.3 is 0 Å². The minimum absolute atomic E-state index is 0.201. The van der Waals surface area contributed by atoms with Crippen LogP contribution in [0.4, 0.5) is 0 Å². The van der Waals surface area contributed by atoms with Gasteiger partial charge in [-0.2, -0.15) is 11.8 Å². The van der Waals surface area contributed by atoms with Crippen LogP contribution in [0.3, 0.4) is 0 Å². The number of rotatable bonds is 11. The predicted molar refractivity (Wildman–Crippen MR) is 74.3 cm³/mol. The summed E-state index contributed by atoms with van der Waals surface area (Å²) in [7, 11) is 0. The smallest absolute Gasteiger partial charge is 0.0754 e. The van der Waals surface area contributed by atoms with E-state index >= 15 is 0 Å². The van der Waals surface area contributed by atoms with Gasteiger partial charge in [0.05, 0.1) is 6.10 Å². The van der Waals surface area contributed by atoms with Crippen LogP contribution in [-0.2, 0) is 0 Å². The molecule has 0 heterocycles. The van der Waals surface area contributed by atoms with Gasteiger partial charge in [-0.15, -0.1) is 0 Å². The van der Waals surface area contributed by atoms with Crippen LogP contribution in [0.5, 0.6) is 0 Å². The van der Waals surface area contributed by atoms with Crippen molar-refractivity contribution in [1.82, 2.24) is 10.2 Å². The minimum atomic E-state index is -0.201. The molecule has 0 fully saturated rings. The molecule has 0 aliphatic rings. The number of aliphatic hydroxyl groups is 1. The number of nitrogens with one attached hydrogen (secondary N) is 1. The summed E-state index contributed by atoms with van der Waals surface area (Å²) < 4.78 is 0. The van der Waals surface area contributed by atoms with Crippen molar-refractivity contribution in [2.24, 2.45) is 0 Å². The number of nitrogens with zero attached hydrogens (tertiary/aromatic N) is 1. The Morgan fingerprint density at radius 1 is 1.25 bits per heavy atom. The molecule has 1 unspecified atom stereocenters. The van der Waals surface area contributed by atoms with Gasteiger partial charge in [0.15, 0.2) is 0 Å². The molecule has 1 atom stereocenters. The quantitative estimate of drug-likeness (QED) is 0.542. The van der Waals surface area contributed by atoms with Gasteiger partial charge in [0.25, 0.3) is 0 Å². The van der Waals surface area contributed by atoms with Gasteiger partial charge in [-0.3, -0.25) is 0 Å². The van der Waals surface area contributed by atoms with Gasteiger partial charge in [-0.1, -0.05) is 20.8 Å². The average Bonchev–Trinajstić information content (AvgIpc) is 2.30. The highest BCUT2D eigenvalue weighted by Crippen LogP contribution is 2.03. The summed E-state index contributed by atoms with van der Waals surface area (Å²) in [6.45, 7) is 11.6. The number of hydrogen-bond donors (Lipinski definition) is 2. The van der Waals surface area contributed by atoms with E-state index in [1.807, 2.05) is 11.8 Å². The van der Waals surface area contributed by atoms with Crippen molar-refractivity contribution in [3.05, 3.63) is 0 Å². The lowest BCUT2D eigenvalue weighted by atomic mass is 10.4. The largest absolute Gasteiger partial charge is 0.391 e. The van der Waals surface area contributed by atoms with Gasteiger partial charge < -0.3 is 15.3 Å². The second-order valence-corrected chi connectivity index (χ2v) is 5.11. The molecule has 3 nitrogen and oxygen atoms in total. The van der Waals surface area contributed by atoms with Crippen LogP contribution in [0, 0.1) is 0 Å². The highest BCUT2D eigenvalue weighted by Gasteiger charge is 2.04. The summed E-state index contributed by atoms with van der Waals surface area (Å²) >= 11 is 1.85. The first-order valence-corrected chi connectivity index (χ1v) is 7.58. The number of hydrogen-bond acceptors (Lipinski definition) is 4. The number of aliphatic hydroxyl groups excluding tert-OH is 1. The summed E-state index contributed by atoms with van der Waals surface area (Å²) in [5, 5.41) is 12.9. The van der Waals surface area contributed by atoms with Gasteiger partial charge in [-0.05, 0) is 26.1 Å². The van der Waals surface area contributed by atoms with Crippen LogP contribution in [0.2, 0.25) is 0 Å². The fourth-order valence-corrected chi connectivity index (χ4v) is 2.40. The molecule has 0 aliphatic heterocycles. The third-order valence-corrected chi connectivity index (χ3v) is 3.65. The molecule has 0 aliphatic carbocycles. The van der Waals surface area contributed by atoms with Gasteiger partial charge in [0.2, 0.25) is 0 Å². The number of thioether (sulfide) groups is 1. The third-order valence-electron chi connectivity index (χ3n) is 2.56. The predicted octanol–water partition coefficient (Wildman–Crippen LogP) is 1.42. The molecule has 0 saturated carbocycles. The monoisotopic (exact) mass is 248 g/mol. The molecular weight excluding hydrogens is 220 g/mol. The van der Waals surface area contributed by atoms with E-state index in [4.69, 9.17) is 0 Å². The van der Waals surface area contributed by atoms with Gasteiger partial charge in [-0.25, -0.2) is 0 Å². The highest BCUT2D eigenvalue weighted by molar-refractivity contribution is 7.99. The lowest BCUT2D eigenvalue weighted by molar-refractivity contribution is 0.196. The molecule has 4 heteroatoms. The second kappa shape index (κ2) is 11.7. The van der Waals surface area contributed by atoms with Crippen molar-refractivity contribution in [1.29, 1.82) is 0 Å². The maximum atomic E-state index is 9.66.